The zero-order chi connectivity index (χ0) is 9.68. The number of hydrogen-bond acceptors (Lipinski definition) is 1. The van der Waals surface area contributed by atoms with E-state index >= 15 is 0 Å². The minimum Gasteiger partial charge on any atom is -0.378 e. The molecule has 1 unspecified atom stereocenters. The van der Waals surface area contributed by atoms with E-state index in [4.69, 9.17) is 11.6 Å². The van der Waals surface area contributed by atoms with Crippen LogP contribution in [0.15, 0.2) is 36.4 Å². The molecule has 0 aliphatic rings. The Kier molecular flexibility index (Phi) is 3.84. The van der Waals surface area contributed by atoms with E-state index in [0.29, 0.717) is 6.04 Å². The molecule has 0 aliphatic heterocycles. The summed E-state index contributed by atoms with van der Waals surface area (Å²) in [6, 6.07) is 8.06. The molecule has 1 nitrogen and oxygen atoms in total. The van der Waals surface area contributed by atoms with Gasteiger partial charge in [-0.05, 0) is 26.0 Å². The average Bonchev–Trinajstić information content (AvgIpc) is 2.09. The number of hydrogen-bond donors (Lipinski definition) is 1. The molecule has 0 radical (unpaired) electrons. The van der Waals surface area contributed by atoms with E-state index in [-0.39, 0.29) is 0 Å². The SMILES string of the molecule is C/C=C/C(C)Nc1ccccc1Cl. The summed E-state index contributed by atoms with van der Waals surface area (Å²) < 4.78 is 0. The van der Waals surface area contributed by atoms with Gasteiger partial charge in [0.05, 0.1) is 10.7 Å². The molecule has 0 amide bonds. The lowest BCUT2D eigenvalue weighted by Crippen LogP contribution is -2.11. The summed E-state index contributed by atoms with van der Waals surface area (Å²) in [7, 11) is 0. The number of benzene rings is 1. The van der Waals surface area contributed by atoms with Crippen molar-refractivity contribution in [2.45, 2.75) is 19.9 Å². The van der Waals surface area contributed by atoms with Gasteiger partial charge in [0.2, 0.25) is 0 Å². The predicted molar refractivity (Wildman–Crippen MR) is 59.4 cm³/mol. The lowest BCUT2D eigenvalue weighted by atomic mass is 10.2. The fourth-order valence-corrected chi connectivity index (χ4v) is 1.35. The Morgan fingerprint density at radius 3 is 2.69 bits per heavy atom. The standard InChI is InChI=1S/C11H14ClN/c1-3-6-9(2)13-11-8-5-4-7-10(11)12/h3-9,13H,1-2H3/b6-3+. The van der Waals surface area contributed by atoms with Crippen molar-refractivity contribution < 1.29 is 0 Å². The van der Waals surface area contributed by atoms with E-state index in [1.165, 1.54) is 0 Å². The second kappa shape index (κ2) is 4.93. The van der Waals surface area contributed by atoms with Crippen LogP contribution in [-0.4, -0.2) is 6.04 Å². The molecule has 13 heavy (non-hydrogen) atoms. The third kappa shape index (κ3) is 3.11. The summed E-state index contributed by atoms with van der Waals surface area (Å²) >= 11 is 5.98. The van der Waals surface area contributed by atoms with Crippen molar-refractivity contribution in [3.8, 4) is 0 Å². The Morgan fingerprint density at radius 2 is 2.08 bits per heavy atom. The zero-order valence-electron chi connectivity index (χ0n) is 7.92. The van der Waals surface area contributed by atoms with Crippen LogP contribution in [0.3, 0.4) is 0 Å². The Labute approximate surface area is 84.4 Å². The van der Waals surface area contributed by atoms with Gasteiger partial charge in [-0.1, -0.05) is 35.9 Å². The Bertz CT molecular complexity index is 294. The molecule has 0 saturated carbocycles. The normalized spacial score (nSPS) is 13.2. The van der Waals surface area contributed by atoms with Crippen molar-refractivity contribution >= 4 is 17.3 Å². The Hall–Kier alpha value is -0.950. The van der Waals surface area contributed by atoms with Crippen molar-refractivity contribution in [3.05, 3.63) is 41.4 Å². The first kappa shape index (κ1) is 10.1. The van der Waals surface area contributed by atoms with Gasteiger partial charge >= 0.3 is 0 Å². The molecular formula is C11H14ClN. The van der Waals surface area contributed by atoms with Gasteiger partial charge in [0.25, 0.3) is 0 Å². The summed E-state index contributed by atoms with van der Waals surface area (Å²) in [5, 5.41) is 4.06. The monoisotopic (exact) mass is 195 g/mol. The number of halogens is 1. The van der Waals surface area contributed by atoms with Crippen LogP contribution >= 0.6 is 11.6 Å². The van der Waals surface area contributed by atoms with Gasteiger partial charge in [-0.3, -0.25) is 0 Å². The van der Waals surface area contributed by atoms with E-state index < -0.39 is 0 Å². The molecule has 0 bridgehead atoms. The molecule has 1 N–H and O–H groups in total. The lowest BCUT2D eigenvalue weighted by Gasteiger charge is -2.12. The maximum Gasteiger partial charge on any atom is 0.0637 e. The first-order valence-electron chi connectivity index (χ1n) is 4.38. The zero-order valence-corrected chi connectivity index (χ0v) is 8.68. The van der Waals surface area contributed by atoms with Crippen molar-refractivity contribution in [1.82, 2.24) is 0 Å². The fraction of sp³-hybridized carbons (Fsp3) is 0.273. The third-order valence-electron chi connectivity index (χ3n) is 1.74. The van der Waals surface area contributed by atoms with Crippen molar-refractivity contribution in [3.63, 3.8) is 0 Å². The molecule has 1 atom stereocenters. The second-order valence-corrected chi connectivity index (χ2v) is 3.35. The van der Waals surface area contributed by atoms with E-state index in [2.05, 4.69) is 18.3 Å². The number of allylic oxidation sites excluding steroid dienone is 1. The van der Waals surface area contributed by atoms with Crippen molar-refractivity contribution in [2.24, 2.45) is 0 Å². The largest absolute Gasteiger partial charge is 0.378 e. The molecule has 2 heteroatoms. The van der Waals surface area contributed by atoms with Crippen molar-refractivity contribution in [1.29, 1.82) is 0 Å². The number of nitrogens with one attached hydrogen (secondary N) is 1. The molecule has 1 rings (SSSR count). The van der Waals surface area contributed by atoms with Gasteiger partial charge in [-0.15, -0.1) is 0 Å². The summed E-state index contributed by atoms with van der Waals surface area (Å²) in [5.41, 5.74) is 0.981. The quantitative estimate of drug-likeness (QED) is 0.725. The average molecular weight is 196 g/mol. The van der Waals surface area contributed by atoms with Gasteiger partial charge in [-0.25, -0.2) is 0 Å². The molecule has 1 aromatic carbocycles. The highest BCUT2D eigenvalue weighted by Crippen LogP contribution is 2.21. The van der Waals surface area contributed by atoms with E-state index in [1.54, 1.807) is 0 Å². The van der Waals surface area contributed by atoms with Crippen LogP contribution < -0.4 is 5.32 Å². The van der Waals surface area contributed by atoms with Gasteiger partial charge in [-0.2, -0.15) is 0 Å². The van der Waals surface area contributed by atoms with E-state index in [1.807, 2.05) is 37.3 Å². The second-order valence-electron chi connectivity index (χ2n) is 2.94. The Morgan fingerprint density at radius 1 is 1.38 bits per heavy atom. The van der Waals surface area contributed by atoms with Gasteiger partial charge in [0.15, 0.2) is 0 Å². The van der Waals surface area contributed by atoms with Crippen LogP contribution in [0.1, 0.15) is 13.8 Å². The molecule has 0 aliphatic carbocycles. The number of anilines is 1. The van der Waals surface area contributed by atoms with Crippen LogP contribution in [0, 0.1) is 0 Å². The lowest BCUT2D eigenvalue weighted by molar-refractivity contribution is 0.995. The first-order valence-corrected chi connectivity index (χ1v) is 4.75. The topological polar surface area (TPSA) is 12.0 Å². The van der Waals surface area contributed by atoms with Gasteiger partial charge in [0, 0.05) is 6.04 Å². The molecule has 0 saturated heterocycles. The van der Waals surface area contributed by atoms with Crippen LogP contribution in [0.4, 0.5) is 5.69 Å². The van der Waals surface area contributed by atoms with Gasteiger partial charge in [0.1, 0.15) is 0 Å². The molecule has 70 valence electrons. The number of rotatable bonds is 3. The molecule has 0 aromatic heterocycles. The van der Waals surface area contributed by atoms with Crippen LogP contribution in [0.2, 0.25) is 5.02 Å². The van der Waals surface area contributed by atoms with Gasteiger partial charge < -0.3 is 5.32 Å². The highest BCUT2D eigenvalue weighted by atomic mass is 35.5. The summed E-state index contributed by atoms with van der Waals surface area (Å²) in [4.78, 5) is 0. The summed E-state index contributed by atoms with van der Waals surface area (Å²) in [6.45, 7) is 4.09. The maximum absolute atomic E-state index is 5.98. The van der Waals surface area contributed by atoms with Crippen LogP contribution in [0.5, 0.6) is 0 Å². The van der Waals surface area contributed by atoms with E-state index in [0.717, 1.165) is 10.7 Å². The maximum atomic E-state index is 5.98. The first-order chi connectivity index (χ1) is 6.24. The predicted octanol–water partition coefficient (Wildman–Crippen LogP) is 3.72. The van der Waals surface area contributed by atoms with Crippen LogP contribution in [0.25, 0.3) is 0 Å². The summed E-state index contributed by atoms with van der Waals surface area (Å²) in [6.07, 6.45) is 4.11. The molecule has 0 fully saturated rings. The fourth-order valence-electron chi connectivity index (χ4n) is 1.16. The smallest absolute Gasteiger partial charge is 0.0637 e. The van der Waals surface area contributed by atoms with Crippen LogP contribution in [-0.2, 0) is 0 Å². The minimum atomic E-state index is 0.310. The highest BCUT2D eigenvalue weighted by Gasteiger charge is 2.00. The molecular weight excluding hydrogens is 182 g/mol. The molecule has 0 spiro atoms. The highest BCUT2D eigenvalue weighted by molar-refractivity contribution is 6.33. The molecule has 1 aromatic rings. The van der Waals surface area contributed by atoms with Crippen molar-refractivity contribution in [2.75, 3.05) is 5.32 Å². The Balaban J connectivity index is 2.68. The third-order valence-corrected chi connectivity index (χ3v) is 2.07. The summed E-state index contributed by atoms with van der Waals surface area (Å²) in [5.74, 6) is 0. The van der Waals surface area contributed by atoms with E-state index in [9.17, 15) is 0 Å². The minimum absolute atomic E-state index is 0.310. The number of para-hydroxylation sites is 1. The molecule has 0 heterocycles.